The van der Waals surface area contributed by atoms with Gasteiger partial charge in [0.2, 0.25) is 0 Å². The van der Waals surface area contributed by atoms with Gasteiger partial charge in [-0.15, -0.1) is 0 Å². The fraction of sp³-hybridized carbons (Fsp3) is 0.0952. The third kappa shape index (κ3) is 3.87. The van der Waals surface area contributed by atoms with Crippen LogP contribution in [0.25, 0.3) is 0 Å². The third-order valence-corrected chi connectivity index (χ3v) is 3.67. The summed E-state index contributed by atoms with van der Waals surface area (Å²) in [7, 11) is 3.20. The average molecular weight is 347 g/mol. The van der Waals surface area contributed by atoms with Crippen LogP contribution in [0.2, 0.25) is 0 Å². The summed E-state index contributed by atoms with van der Waals surface area (Å²) in [6, 6.07) is 21.6. The summed E-state index contributed by atoms with van der Waals surface area (Å²) in [6.07, 6.45) is 0. The first-order valence-electron chi connectivity index (χ1n) is 7.90. The van der Waals surface area contributed by atoms with Gasteiger partial charge < -0.3 is 18.9 Å². The van der Waals surface area contributed by atoms with Crippen LogP contribution in [0.4, 0.5) is 0 Å². The average Bonchev–Trinajstić information content (AvgIpc) is 2.69. The van der Waals surface area contributed by atoms with Crippen LogP contribution in [0, 0.1) is 11.3 Å². The Kier molecular flexibility index (Phi) is 5.25. The number of ether oxygens (including phenoxy) is 4. The zero-order chi connectivity index (χ0) is 18.4. The van der Waals surface area contributed by atoms with E-state index in [0.717, 1.165) is 11.5 Å². The lowest BCUT2D eigenvalue weighted by Crippen LogP contribution is -1.93. The number of benzene rings is 3. The molecule has 26 heavy (non-hydrogen) atoms. The Balaban J connectivity index is 1.85. The van der Waals surface area contributed by atoms with E-state index in [1.165, 1.54) is 0 Å². The molecule has 0 fully saturated rings. The molecule has 0 aromatic heterocycles. The summed E-state index contributed by atoms with van der Waals surface area (Å²) >= 11 is 0. The molecule has 130 valence electrons. The standard InChI is InChI=1S/C21H17NO4/c1-23-15-6-10-17(11-7-15)25-20-4-3-5-21(19(20)14-22)26-18-12-8-16(24-2)9-13-18/h3-13H,1-2H3. The molecular weight excluding hydrogens is 330 g/mol. The van der Waals surface area contributed by atoms with Crippen molar-refractivity contribution in [3.63, 3.8) is 0 Å². The van der Waals surface area contributed by atoms with Crippen LogP contribution in [-0.4, -0.2) is 14.2 Å². The number of hydrogen-bond donors (Lipinski definition) is 0. The number of rotatable bonds is 6. The minimum absolute atomic E-state index is 0.319. The molecule has 0 saturated carbocycles. The maximum absolute atomic E-state index is 9.57. The molecule has 3 rings (SSSR count). The van der Waals surface area contributed by atoms with Crippen LogP contribution in [0.15, 0.2) is 66.7 Å². The molecule has 0 amide bonds. The van der Waals surface area contributed by atoms with E-state index >= 15 is 0 Å². The Bertz CT molecular complexity index is 844. The molecule has 3 aromatic carbocycles. The van der Waals surface area contributed by atoms with E-state index in [-0.39, 0.29) is 0 Å². The van der Waals surface area contributed by atoms with E-state index in [9.17, 15) is 5.26 Å². The normalized spacial score (nSPS) is 9.88. The molecule has 3 aromatic rings. The molecular formula is C21H17NO4. The highest BCUT2D eigenvalue weighted by Crippen LogP contribution is 2.34. The minimum Gasteiger partial charge on any atom is -0.497 e. The van der Waals surface area contributed by atoms with Crippen molar-refractivity contribution in [3.05, 3.63) is 72.3 Å². The molecule has 0 saturated heterocycles. The highest BCUT2D eigenvalue weighted by molar-refractivity contribution is 5.55. The Morgan fingerprint density at radius 3 is 1.35 bits per heavy atom. The molecule has 0 aliphatic heterocycles. The molecule has 0 radical (unpaired) electrons. The largest absolute Gasteiger partial charge is 0.497 e. The molecule has 0 atom stereocenters. The van der Waals surface area contributed by atoms with Crippen molar-refractivity contribution in [1.82, 2.24) is 0 Å². The van der Waals surface area contributed by atoms with Crippen LogP contribution in [0.3, 0.4) is 0 Å². The van der Waals surface area contributed by atoms with E-state index in [1.807, 2.05) is 0 Å². The molecule has 5 nitrogen and oxygen atoms in total. The summed E-state index contributed by atoms with van der Waals surface area (Å²) in [5, 5.41) is 9.57. The maximum atomic E-state index is 9.57. The lowest BCUT2D eigenvalue weighted by Gasteiger charge is -2.12. The lowest BCUT2D eigenvalue weighted by molar-refractivity contribution is 0.412. The number of methoxy groups -OCH3 is 2. The smallest absolute Gasteiger partial charge is 0.149 e. The van der Waals surface area contributed by atoms with Gasteiger partial charge in [-0.3, -0.25) is 0 Å². The molecule has 0 aliphatic carbocycles. The van der Waals surface area contributed by atoms with Crippen LogP contribution < -0.4 is 18.9 Å². The van der Waals surface area contributed by atoms with Gasteiger partial charge in [-0.2, -0.15) is 5.26 Å². The first kappa shape index (κ1) is 17.2. The molecule has 0 aliphatic rings. The second kappa shape index (κ2) is 7.95. The van der Waals surface area contributed by atoms with Gasteiger partial charge in [-0.25, -0.2) is 0 Å². The number of nitriles is 1. The van der Waals surface area contributed by atoms with Crippen molar-refractivity contribution in [2.75, 3.05) is 14.2 Å². The van der Waals surface area contributed by atoms with Crippen LogP contribution in [-0.2, 0) is 0 Å². The van der Waals surface area contributed by atoms with Gasteiger partial charge in [0.25, 0.3) is 0 Å². The SMILES string of the molecule is COc1ccc(Oc2cccc(Oc3ccc(OC)cc3)c2C#N)cc1. The second-order valence-corrected chi connectivity index (χ2v) is 5.30. The van der Waals surface area contributed by atoms with E-state index in [2.05, 4.69) is 6.07 Å². The Morgan fingerprint density at radius 2 is 1.00 bits per heavy atom. The van der Waals surface area contributed by atoms with Crippen molar-refractivity contribution in [2.24, 2.45) is 0 Å². The molecule has 0 heterocycles. The summed E-state index contributed by atoms with van der Waals surface area (Å²) in [4.78, 5) is 0. The van der Waals surface area contributed by atoms with Crippen LogP contribution in [0.1, 0.15) is 5.56 Å². The van der Waals surface area contributed by atoms with Crippen molar-refractivity contribution in [3.8, 4) is 40.6 Å². The highest BCUT2D eigenvalue weighted by atomic mass is 16.5. The first-order valence-corrected chi connectivity index (χ1v) is 7.90. The van der Waals surface area contributed by atoms with Crippen molar-refractivity contribution < 1.29 is 18.9 Å². The van der Waals surface area contributed by atoms with E-state index in [4.69, 9.17) is 18.9 Å². The second-order valence-electron chi connectivity index (χ2n) is 5.30. The van der Waals surface area contributed by atoms with Gasteiger partial charge in [-0.1, -0.05) is 6.07 Å². The fourth-order valence-corrected chi connectivity index (χ4v) is 2.33. The van der Waals surface area contributed by atoms with Gasteiger partial charge >= 0.3 is 0 Å². The van der Waals surface area contributed by atoms with Gasteiger partial charge in [0.05, 0.1) is 14.2 Å². The fourth-order valence-electron chi connectivity index (χ4n) is 2.33. The number of nitrogens with zero attached hydrogens (tertiary/aromatic N) is 1. The molecule has 0 bridgehead atoms. The minimum atomic E-state index is 0.319. The summed E-state index contributed by atoms with van der Waals surface area (Å²) < 4.78 is 21.9. The van der Waals surface area contributed by atoms with Gasteiger partial charge in [-0.05, 0) is 60.7 Å². The zero-order valence-electron chi connectivity index (χ0n) is 14.4. The Hall–Kier alpha value is -3.65. The monoisotopic (exact) mass is 347 g/mol. The van der Waals surface area contributed by atoms with Gasteiger partial charge in [0.15, 0.2) is 0 Å². The third-order valence-electron chi connectivity index (χ3n) is 3.67. The summed E-state index contributed by atoms with van der Waals surface area (Å²) in [5.41, 5.74) is 0.319. The molecule has 5 heteroatoms. The van der Waals surface area contributed by atoms with Crippen molar-refractivity contribution in [1.29, 1.82) is 5.26 Å². The van der Waals surface area contributed by atoms with Crippen molar-refractivity contribution in [2.45, 2.75) is 0 Å². The number of hydrogen-bond acceptors (Lipinski definition) is 5. The predicted molar refractivity (Wildman–Crippen MR) is 97.3 cm³/mol. The summed E-state index contributed by atoms with van der Waals surface area (Å²) in [5.74, 6) is 3.50. The zero-order valence-corrected chi connectivity index (χ0v) is 14.4. The van der Waals surface area contributed by atoms with E-state index < -0.39 is 0 Å². The molecule has 0 spiro atoms. The van der Waals surface area contributed by atoms with E-state index in [0.29, 0.717) is 28.6 Å². The van der Waals surface area contributed by atoms with E-state index in [1.54, 1.807) is 80.9 Å². The molecule has 0 N–H and O–H groups in total. The van der Waals surface area contributed by atoms with Crippen LogP contribution in [0.5, 0.6) is 34.5 Å². The lowest BCUT2D eigenvalue weighted by atomic mass is 10.2. The first-order chi connectivity index (χ1) is 12.7. The predicted octanol–water partition coefficient (Wildman–Crippen LogP) is 5.16. The molecule has 0 unspecified atom stereocenters. The maximum Gasteiger partial charge on any atom is 0.149 e. The highest BCUT2D eigenvalue weighted by Gasteiger charge is 2.12. The Morgan fingerprint density at radius 1 is 0.615 bits per heavy atom. The van der Waals surface area contributed by atoms with Gasteiger partial charge in [0.1, 0.15) is 46.1 Å². The Labute approximate surface area is 151 Å². The van der Waals surface area contributed by atoms with Crippen molar-refractivity contribution >= 4 is 0 Å². The quantitative estimate of drug-likeness (QED) is 0.616. The summed E-state index contributed by atoms with van der Waals surface area (Å²) in [6.45, 7) is 0. The van der Waals surface area contributed by atoms with Gasteiger partial charge in [0, 0.05) is 0 Å². The topological polar surface area (TPSA) is 60.7 Å². The van der Waals surface area contributed by atoms with Crippen LogP contribution >= 0.6 is 0 Å².